The highest BCUT2D eigenvalue weighted by Gasteiger charge is 2.30. The van der Waals surface area contributed by atoms with Crippen LogP contribution in [-0.4, -0.2) is 29.8 Å². The summed E-state index contributed by atoms with van der Waals surface area (Å²) in [6, 6.07) is 22.5. The fourth-order valence-corrected chi connectivity index (χ4v) is 7.50. The van der Waals surface area contributed by atoms with Gasteiger partial charge in [-0.1, -0.05) is 36.4 Å². The van der Waals surface area contributed by atoms with Crippen molar-refractivity contribution in [1.82, 2.24) is 5.32 Å². The molecule has 2 aromatic carbocycles. The van der Waals surface area contributed by atoms with Gasteiger partial charge in [0.1, 0.15) is 0 Å². The number of thiol groups is 1. The molecule has 1 fully saturated rings. The zero-order chi connectivity index (χ0) is 15.4. The first-order valence-corrected chi connectivity index (χ1v) is 10.7. The fraction of sp³-hybridized carbons (Fsp3) is 0.368. The van der Waals surface area contributed by atoms with Crippen molar-refractivity contribution in [3.8, 4) is 0 Å². The molecular formula is C19H25NS2. The standard InChI is InChI=1S/C19H25NS2/c1-22(16-9-4-2-5-10-16,17-11-6-3-7-12-17)15-19(21)18-13-8-14-20-18/h2-7,9-12,18-21H,8,13-15H2,1H3/t18-,19+/m0/s1. The van der Waals surface area contributed by atoms with Gasteiger partial charge in [-0.15, -0.1) is 0 Å². The van der Waals surface area contributed by atoms with Gasteiger partial charge in [0.05, 0.1) is 0 Å². The molecule has 0 saturated carbocycles. The van der Waals surface area contributed by atoms with Crippen LogP contribution in [0.2, 0.25) is 0 Å². The number of hydrogen-bond donors (Lipinski definition) is 2. The van der Waals surface area contributed by atoms with Crippen LogP contribution >= 0.6 is 22.7 Å². The van der Waals surface area contributed by atoms with Crippen molar-refractivity contribution in [2.24, 2.45) is 0 Å². The smallest absolute Gasteiger partial charge is 0.0253 e. The molecule has 1 heterocycles. The minimum absolute atomic E-state index is 0.405. The topological polar surface area (TPSA) is 12.0 Å². The van der Waals surface area contributed by atoms with Gasteiger partial charge >= 0.3 is 0 Å². The predicted octanol–water partition coefficient (Wildman–Crippen LogP) is 4.59. The SMILES string of the molecule is CS(C[C@@H](S)[C@@H]1CCCN1)(c1ccccc1)c1ccccc1. The number of nitrogens with one attached hydrogen (secondary N) is 1. The van der Waals surface area contributed by atoms with Crippen LogP contribution in [0.3, 0.4) is 0 Å². The van der Waals surface area contributed by atoms with E-state index in [2.05, 4.69) is 72.2 Å². The van der Waals surface area contributed by atoms with Crippen LogP contribution in [0, 0.1) is 0 Å². The second-order valence-electron chi connectivity index (χ2n) is 6.15. The summed E-state index contributed by atoms with van der Waals surface area (Å²) in [6.07, 6.45) is 4.98. The minimum atomic E-state index is -1.05. The second kappa shape index (κ2) is 7.12. The van der Waals surface area contributed by atoms with Crippen LogP contribution in [-0.2, 0) is 0 Å². The molecule has 2 atom stereocenters. The van der Waals surface area contributed by atoms with E-state index in [1.165, 1.54) is 22.6 Å². The van der Waals surface area contributed by atoms with Crippen LogP contribution in [0.25, 0.3) is 0 Å². The lowest BCUT2D eigenvalue weighted by Gasteiger charge is -2.40. The molecule has 3 rings (SSSR count). The van der Waals surface area contributed by atoms with Gasteiger partial charge in [-0.05, 0) is 65.5 Å². The Hall–Kier alpha value is -0.900. The highest BCUT2D eigenvalue weighted by molar-refractivity contribution is 8.33. The molecule has 118 valence electrons. The van der Waals surface area contributed by atoms with Crippen molar-refractivity contribution < 1.29 is 0 Å². The maximum atomic E-state index is 4.98. The van der Waals surface area contributed by atoms with Gasteiger partial charge in [0.25, 0.3) is 0 Å². The Morgan fingerprint density at radius 3 is 2.05 bits per heavy atom. The Labute approximate surface area is 141 Å². The molecule has 0 bridgehead atoms. The molecule has 0 spiro atoms. The lowest BCUT2D eigenvalue weighted by atomic mass is 10.2. The normalized spacial score (nSPS) is 20.7. The van der Waals surface area contributed by atoms with Gasteiger partial charge in [0.2, 0.25) is 0 Å². The monoisotopic (exact) mass is 331 g/mol. The Balaban J connectivity index is 1.93. The Kier molecular flexibility index (Phi) is 5.17. The predicted molar refractivity (Wildman–Crippen MR) is 102 cm³/mol. The van der Waals surface area contributed by atoms with Crippen LogP contribution in [0.1, 0.15) is 12.8 Å². The zero-order valence-electron chi connectivity index (χ0n) is 13.1. The van der Waals surface area contributed by atoms with Gasteiger partial charge in [-0.25, -0.2) is 0 Å². The lowest BCUT2D eigenvalue weighted by Crippen LogP contribution is -2.35. The molecule has 1 aliphatic rings. The van der Waals surface area contributed by atoms with Gasteiger partial charge in [0.15, 0.2) is 0 Å². The lowest BCUT2D eigenvalue weighted by molar-refractivity contribution is 0.605. The molecule has 0 unspecified atom stereocenters. The van der Waals surface area contributed by atoms with E-state index in [0.717, 1.165) is 12.3 Å². The van der Waals surface area contributed by atoms with E-state index >= 15 is 0 Å². The van der Waals surface area contributed by atoms with Crippen LogP contribution < -0.4 is 5.32 Å². The van der Waals surface area contributed by atoms with Crippen molar-refractivity contribution in [3.63, 3.8) is 0 Å². The summed E-state index contributed by atoms with van der Waals surface area (Å²) in [5.74, 6) is 1.13. The average molecular weight is 332 g/mol. The third-order valence-corrected chi connectivity index (χ3v) is 9.03. The fourth-order valence-electron chi connectivity index (χ4n) is 3.27. The van der Waals surface area contributed by atoms with Crippen molar-refractivity contribution in [3.05, 3.63) is 60.7 Å². The summed E-state index contributed by atoms with van der Waals surface area (Å²) < 4.78 is 0. The van der Waals surface area contributed by atoms with Crippen LogP contribution in [0.15, 0.2) is 70.5 Å². The molecule has 2 aromatic rings. The van der Waals surface area contributed by atoms with E-state index in [1.54, 1.807) is 0 Å². The number of rotatable bonds is 5. The maximum absolute atomic E-state index is 4.98. The van der Waals surface area contributed by atoms with E-state index in [1.807, 2.05) is 0 Å². The van der Waals surface area contributed by atoms with Gasteiger partial charge in [-0.3, -0.25) is 0 Å². The van der Waals surface area contributed by atoms with Crippen LogP contribution in [0.5, 0.6) is 0 Å². The Morgan fingerprint density at radius 2 is 1.59 bits per heavy atom. The van der Waals surface area contributed by atoms with Gasteiger partial charge < -0.3 is 5.32 Å². The van der Waals surface area contributed by atoms with Gasteiger partial charge in [-0.2, -0.15) is 22.7 Å². The molecule has 0 aliphatic carbocycles. The maximum Gasteiger partial charge on any atom is 0.0253 e. The molecule has 3 heteroatoms. The van der Waals surface area contributed by atoms with E-state index in [9.17, 15) is 0 Å². The summed E-state index contributed by atoms with van der Waals surface area (Å²) in [7, 11) is -1.05. The molecule has 1 saturated heterocycles. The van der Waals surface area contributed by atoms with Crippen LogP contribution in [0.4, 0.5) is 0 Å². The first-order valence-electron chi connectivity index (χ1n) is 7.98. The van der Waals surface area contributed by atoms with Gasteiger partial charge in [0, 0.05) is 11.3 Å². The van der Waals surface area contributed by atoms with Crippen molar-refractivity contribution >= 4 is 22.7 Å². The third-order valence-electron chi connectivity index (χ3n) is 4.59. The van der Waals surface area contributed by atoms with Crippen molar-refractivity contribution in [2.45, 2.75) is 33.9 Å². The summed E-state index contributed by atoms with van der Waals surface area (Å²) in [6.45, 7) is 1.14. The third kappa shape index (κ3) is 3.37. The first kappa shape index (κ1) is 16.0. The summed E-state index contributed by atoms with van der Waals surface area (Å²) in [4.78, 5) is 2.91. The molecular weight excluding hydrogens is 306 g/mol. The van der Waals surface area contributed by atoms with Crippen molar-refractivity contribution in [2.75, 3.05) is 18.6 Å². The summed E-state index contributed by atoms with van der Waals surface area (Å²) >= 11 is 4.98. The quantitative estimate of drug-likeness (QED) is 0.764. The highest BCUT2D eigenvalue weighted by atomic mass is 32.3. The summed E-state index contributed by atoms with van der Waals surface area (Å²) in [5.41, 5.74) is 0. The molecule has 1 aliphatic heterocycles. The van der Waals surface area contributed by atoms with E-state index < -0.39 is 10.0 Å². The number of hydrogen-bond acceptors (Lipinski definition) is 2. The molecule has 22 heavy (non-hydrogen) atoms. The largest absolute Gasteiger partial charge is 0.313 e. The second-order valence-corrected chi connectivity index (χ2v) is 10.3. The minimum Gasteiger partial charge on any atom is -0.313 e. The zero-order valence-corrected chi connectivity index (χ0v) is 14.8. The van der Waals surface area contributed by atoms with E-state index in [0.29, 0.717) is 11.3 Å². The first-order chi connectivity index (χ1) is 10.7. The average Bonchev–Trinajstić information content (AvgIpc) is 3.11. The molecule has 0 aromatic heterocycles. The molecule has 0 amide bonds. The van der Waals surface area contributed by atoms with Crippen molar-refractivity contribution in [1.29, 1.82) is 0 Å². The van der Waals surface area contributed by atoms with E-state index in [-0.39, 0.29) is 0 Å². The Morgan fingerprint density at radius 1 is 1.05 bits per heavy atom. The Bertz CT molecular complexity index is 539. The molecule has 0 radical (unpaired) electrons. The van der Waals surface area contributed by atoms with E-state index in [4.69, 9.17) is 12.6 Å². The molecule has 1 N–H and O–H groups in total. The number of benzene rings is 2. The highest BCUT2D eigenvalue weighted by Crippen LogP contribution is 2.60. The summed E-state index contributed by atoms with van der Waals surface area (Å²) in [5, 5.41) is 4.02. The molecule has 1 nitrogen and oxygen atoms in total.